The van der Waals surface area contributed by atoms with E-state index in [2.05, 4.69) is 0 Å². The van der Waals surface area contributed by atoms with Crippen LogP contribution in [0.25, 0.3) is 0 Å². The first-order valence-electron chi connectivity index (χ1n) is 7.97. The van der Waals surface area contributed by atoms with Crippen molar-refractivity contribution in [2.24, 2.45) is 5.92 Å². The van der Waals surface area contributed by atoms with Gasteiger partial charge in [-0.05, 0) is 61.1 Å². The molecule has 0 aromatic heterocycles. The maximum absolute atomic E-state index is 13.6. The number of carbonyl (C=O) groups is 1. The number of halogens is 2. The zero-order valence-electron chi connectivity index (χ0n) is 13.4. The van der Waals surface area contributed by atoms with Gasteiger partial charge in [-0.1, -0.05) is 12.1 Å². The van der Waals surface area contributed by atoms with E-state index in [0.717, 1.165) is 18.1 Å². The Morgan fingerprint density at radius 2 is 2.00 bits per heavy atom. The Balaban J connectivity index is 1.65. The molecule has 2 aromatic rings. The average Bonchev–Trinajstić information content (AvgIpc) is 3.01. The highest BCUT2D eigenvalue weighted by molar-refractivity contribution is 5.94. The molecule has 1 fully saturated rings. The van der Waals surface area contributed by atoms with Gasteiger partial charge in [-0.15, -0.1) is 0 Å². The molecule has 126 valence electrons. The summed E-state index contributed by atoms with van der Waals surface area (Å²) in [6.45, 7) is 2.89. The highest BCUT2D eigenvalue weighted by atomic mass is 19.1. The monoisotopic (exact) mass is 331 g/mol. The zero-order chi connectivity index (χ0) is 17.3. The number of aryl methyl sites for hydroxylation is 1. The molecule has 1 amide bonds. The first-order chi connectivity index (χ1) is 11.4. The summed E-state index contributed by atoms with van der Waals surface area (Å²) in [5, 5.41) is 9.21. The quantitative estimate of drug-likeness (QED) is 0.932. The van der Waals surface area contributed by atoms with Crippen molar-refractivity contribution in [1.82, 2.24) is 4.90 Å². The van der Waals surface area contributed by atoms with Gasteiger partial charge >= 0.3 is 0 Å². The molecule has 1 atom stereocenters. The second-order valence-corrected chi connectivity index (χ2v) is 6.36. The summed E-state index contributed by atoms with van der Waals surface area (Å²) in [6.07, 6.45) is 1.55. The summed E-state index contributed by atoms with van der Waals surface area (Å²) in [5.41, 5.74) is 1.77. The number of hydrogen-bond donors (Lipinski definition) is 1. The van der Waals surface area contributed by atoms with Crippen molar-refractivity contribution in [3.63, 3.8) is 0 Å². The number of nitrogens with zero attached hydrogens (tertiary/aromatic N) is 1. The smallest absolute Gasteiger partial charge is 0.253 e. The molecule has 1 saturated heterocycles. The van der Waals surface area contributed by atoms with Gasteiger partial charge in [-0.2, -0.15) is 0 Å². The number of aromatic hydroxyl groups is 1. The van der Waals surface area contributed by atoms with Crippen LogP contribution in [-0.2, 0) is 6.42 Å². The number of benzene rings is 2. The molecule has 3 rings (SSSR count). The summed E-state index contributed by atoms with van der Waals surface area (Å²) in [7, 11) is 0. The molecule has 0 spiro atoms. The van der Waals surface area contributed by atoms with Crippen LogP contribution in [0.2, 0.25) is 0 Å². The van der Waals surface area contributed by atoms with Gasteiger partial charge < -0.3 is 10.0 Å². The fourth-order valence-electron chi connectivity index (χ4n) is 3.10. The maximum Gasteiger partial charge on any atom is 0.253 e. The van der Waals surface area contributed by atoms with Gasteiger partial charge in [0.25, 0.3) is 5.91 Å². The molecule has 1 heterocycles. The van der Waals surface area contributed by atoms with E-state index in [-0.39, 0.29) is 23.2 Å². The zero-order valence-corrected chi connectivity index (χ0v) is 13.4. The fourth-order valence-corrected chi connectivity index (χ4v) is 3.10. The number of likely N-dealkylation sites (tertiary alicyclic amines) is 1. The second kappa shape index (κ2) is 6.59. The summed E-state index contributed by atoms with van der Waals surface area (Å²) in [4.78, 5) is 14.1. The number of carbonyl (C=O) groups excluding carboxylic acids is 1. The van der Waals surface area contributed by atoms with Gasteiger partial charge in [-0.25, -0.2) is 8.78 Å². The van der Waals surface area contributed by atoms with Crippen molar-refractivity contribution < 1.29 is 18.7 Å². The lowest BCUT2D eigenvalue weighted by Crippen LogP contribution is -2.29. The second-order valence-electron chi connectivity index (χ2n) is 6.36. The predicted octanol–water partition coefficient (Wildman–Crippen LogP) is 3.68. The SMILES string of the molecule is Cc1ccc(CC2CCN(C(=O)c3ccc(O)c(F)c3)C2)cc1F. The van der Waals surface area contributed by atoms with E-state index in [1.807, 2.05) is 6.07 Å². The average molecular weight is 331 g/mol. The molecular formula is C19H19F2NO2. The summed E-state index contributed by atoms with van der Waals surface area (Å²) < 4.78 is 27.0. The first kappa shape index (κ1) is 16.4. The van der Waals surface area contributed by atoms with Crippen molar-refractivity contribution in [1.29, 1.82) is 0 Å². The molecule has 1 N–H and O–H groups in total. The van der Waals surface area contributed by atoms with E-state index in [1.54, 1.807) is 24.0 Å². The number of hydrogen-bond acceptors (Lipinski definition) is 2. The minimum Gasteiger partial charge on any atom is -0.505 e. The standard InChI is InChI=1S/C19H19F2NO2/c1-12-2-3-13(9-16(12)20)8-14-6-7-22(11-14)19(24)15-4-5-18(23)17(21)10-15/h2-5,9-10,14,23H,6-8,11H2,1H3. The van der Waals surface area contributed by atoms with Gasteiger partial charge in [0.2, 0.25) is 0 Å². The fraction of sp³-hybridized carbons (Fsp3) is 0.316. The first-order valence-corrected chi connectivity index (χ1v) is 7.97. The van der Waals surface area contributed by atoms with Gasteiger partial charge in [0.15, 0.2) is 11.6 Å². The normalized spacial score (nSPS) is 17.3. The Morgan fingerprint density at radius 1 is 1.21 bits per heavy atom. The lowest BCUT2D eigenvalue weighted by atomic mass is 9.98. The van der Waals surface area contributed by atoms with Crippen molar-refractivity contribution in [3.05, 3.63) is 64.7 Å². The Hall–Kier alpha value is -2.43. The molecule has 0 saturated carbocycles. The summed E-state index contributed by atoms with van der Waals surface area (Å²) >= 11 is 0. The third kappa shape index (κ3) is 3.40. The minimum atomic E-state index is -0.799. The Bertz CT molecular complexity index is 776. The molecular weight excluding hydrogens is 312 g/mol. The van der Waals surface area contributed by atoms with Crippen molar-refractivity contribution in [3.8, 4) is 5.75 Å². The Labute approximate surface area is 139 Å². The topological polar surface area (TPSA) is 40.5 Å². The molecule has 2 aromatic carbocycles. The van der Waals surface area contributed by atoms with Crippen LogP contribution in [0.5, 0.6) is 5.75 Å². The Kier molecular flexibility index (Phi) is 4.51. The van der Waals surface area contributed by atoms with Gasteiger partial charge in [0, 0.05) is 18.7 Å². The summed E-state index contributed by atoms with van der Waals surface area (Å²) in [5.74, 6) is -1.46. The number of phenols is 1. The minimum absolute atomic E-state index is 0.210. The van der Waals surface area contributed by atoms with E-state index in [9.17, 15) is 18.7 Å². The highest BCUT2D eigenvalue weighted by Gasteiger charge is 2.27. The maximum atomic E-state index is 13.6. The lowest BCUT2D eigenvalue weighted by Gasteiger charge is -2.17. The molecule has 1 unspecified atom stereocenters. The highest BCUT2D eigenvalue weighted by Crippen LogP contribution is 2.24. The Morgan fingerprint density at radius 3 is 2.71 bits per heavy atom. The van der Waals surface area contributed by atoms with Crippen molar-refractivity contribution >= 4 is 5.91 Å². The van der Waals surface area contributed by atoms with Gasteiger partial charge in [0.05, 0.1) is 0 Å². The molecule has 1 aliphatic rings. The van der Waals surface area contributed by atoms with E-state index in [0.29, 0.717) is 25.1 Å². The van der Waals surface area contributed by atoms with Crippen LogP contribution < -0.4 is 0 Å². The summed E-state index contributed by atoms with van der Waals surface area (Å²) in [6, 6.07) is 8.89. The van der Waals surface area contributed by atoms with E-state index in [4.69, 9.17) is 0 Å². The molecule has 0 aliphatic carbocycles. The number of rotatable bonds is 3. The number of amides is 1. The van der Waals surface area contributed by atoms with Crippen LogP contribution in [0.15, 0.2) is 36.4 Å². The van der Waals surface area contributed by atoms with Crippen molar-refractivity contribution in [2.45, 2.75) is 19.8 Å². The van der Waals surface area contributed by atoms with Crippen LogP contribution in [0.4, 0.5) is 8.78 Å². The van der Waals surface area contributed by atoms with Crippen LogP contribution in [0.3, 0.4) is 0 Å². The van der Waals surface area contributed by atoms with Crippen LogP contribution in [0.1, 0.15) is 27.9 Å². The van der Waals surface area contributed by atoms with E-state index >= 15 is 0 Å². The molecule has 0 radical (unpaired) electrons. The third-order valence-corrected chi connectivity index (χ3v) is 4.53. The van der Waals surface area contributed by atoms with Crippen molar-refractivity contribution in [2.75, 3.05) is 13.1 Å². The van der Waals surface area contributed by atoms with Crippen LogP contribution in [0, 0.1) is 24.5 Å². The number of phenolic OH excluding ortho intramolecular Hbond substituents is 1. The molecule has 0 bridgehead atoms. The van der Waals surface area contributed by atoms with Gasteiger partial charge in [-0.3, -0.25) is 4.79 Å². The largest absolute Gasteiger partial charge is 0.505 e. The molecule has 1 aliphatic heterocycles. The van der Waals surface area contributed by atoms with E-state index in [1.165, 1.54) is 12.1 Å². The van der Waals surface area contributed by atoms with Crippen LogP contribution in [-0.4, -0.2) is 29.0 Å². The van der Waals surface area contributed by atoms with Gasteiger partial charge in [0.1, 0.15) is 5.82 Å². The third-order valence-electron chi connectivity index (χ3n) is 4.53. The lowest BCUT2D eigenvalue weighted by molar-refractivity contribution is 0.0786. The molecule has 5 heteroatoms. The molecule has 3 nitrogen and oxygen atoms in total. The van der Waals surface area contributed by atoms with E-state index < -0.39 is 11.6 Å². The van der Waals surface area contributed by atoms with Crippen LogP contribution >= 0.6 is 0 Å². The predicted molar refractivity (Wildman–Crippen MR) is 86.9 cm³/mol. The molecule has 24 heavy (non-hydrogen) atoms.